The summed E-state index contributed by atoms with van der Waals surface area (Å²) in [5.74, 6) is 0.254. The van der Waals surface area contributed by atoms with Crippen LogP contribution in [0.5, 0.6) is 0 Å². The molecule has 0 saturated carbocycles. The van der Waals surface area contributed by atoms with Crippen molar-refractivity contribution in [2.24, 2.45) is 0 Å². The highest BCUT2D eigenvalue weighted by molar-refractivity contribution is 5.91. The fourth-order valence-corrected chi connectivity index (χ4v) is 3.77. The topological polar surface area (TPSA) is 96.4 Å². The fraction of sp³-hybridized carbons (Fsp3) is 0.280. The quantitative estimate of drug-likeness (QED) is 0.395. The Kier molecular flexibility index (Phi) is 5.90. The molecular weight excluding hydrogens is 406 g/mol. The van der Waals surface area contributed by atoms with E-state index < -0.39 is 11.6 Å². The zero-order valence-electron chi connectivity index (χ0n) is 18.4. The summed E-state index contributed by atoms with van der Waals surface area (Å²) in [6, 6.07) is 17.2. The van der Waals surface area contributed by atoms with Crippen LogP contribution in [0, 0.1) is 0 Å². The molecule has 0 unspecified atom stereocenters. The number of aromatic amines is 1. The van der Waals surface area contributed by atoms with Gasteiger partial charge in [-0.25, -0.2) is 4.79 Å². The van der Waals surface area contributed by atoms with Gasteiger partial charge in [0.05, 0.1) is 0 Å². The van der Waals surface area contributed by atoms with Crippen molar-refractivity contribution >= 4 is 33.9 Å². The van der Waals surface area contributed by atoms with Gasteiger partial charge in [-0.3, -0.25) is 4.79 Å². The molecule has 3 N–H and O–H groups in total. The summed E-state index contributed by atoms with van der Waals surface area (Å²) < 4.78 is 11.1. The van der Waals surface area contributed by atoms with Gasteiger partial charge >= 0.3 is 6.09 Å². The number of H-pyrrole nitrogens is 1. The van der Waals surface area contributed by atoms with Crippen LogP contribution in [0.25, 0.3) is 21.9 Å². The number of alkyl carbamates (subject to hydrolysis) is 1. The van der Waals surface area contributed by atoms with E-state index in [2.05, 4.69) is 15.6 Å². The molecule has 4 aromatic rings. The van der Waals surface area contributed by atoms with E-state index in [9.17, 15) is 9.59 Å². The number of nitrogens with one attached hydrogen (secondary N) is 3. The fourth-order valence-electron chi connectivity index (χ4n) is 3.77. The van der Waals surface area contributed by atoms with Crippen LogP contribution in [0.2, 0.25) is 0 Å². The molecule has 166 valence electrons. The lowest BCUT2D eigenvalue weighted by molar-refractivity contribution is -0.127. The number of carbonyl (C=O) groups is 2. The summed E-state index contributed by atoms with van der Waals surface area (Å²) in [5.41, 5.74) is 1.42. The van der Waals surface area contributed by atoms with Crippen molar-refractivity contribution in [3.05, 3.63) is 72.1 Å². The number of furan rings is 1. The molecule has 2 aromatic heterocycles. The van der Waals surface area contributed by atoms with Crippen LogP contribution in [0.3, 0.4) is 0 Å². The first kappa shape index (κ1) is 21.5. The molecule has 0 bridgehead atoms. The standard InChI is InChI=1S/C25H27N3O4/c1-16(2)27-23(29)25(3,13-18-14-26-21-10-6-5-9-20(18)21)28-24(30)31-15-19-12-17-8-4-7-11-22(17)32-19/h4-12,14,16,26H,13,15H2,1-3H3,(H,27,29)(H,28,30)/t25-/m1/s1. The number of hydrogen-bond acceptors (Lipinski definition) is 4. The van der Waals surface area contributed by atoms with Gasteiger partial charge in [-0.15, -0.1) is 0 Å². The van der Waals surface area contributed by atoms with E-state index in [0.717, 1.165) is 27.4 Å². The molecular formula is C25H27N3O4. The third-order valence-corrected chi connectivity index (χ3v) is 5.34. The van der Waals surface area contributed by atoms with Gasteiger partial charge in [0.2, 0.25) is 5.91 Å². The van der Waals surface area contributed by atoms with E-state index in [4.69, 9.17) is 9.15 Å². The van der Waals surface area contributed by atoms with Crippen LogP contribution in [-0.2, 0) is 22.6 Å². The first-order valence-electron chi connectivity index (χ1n) is 10.6. The number of amides is 2. The van der Waals surface area contributed by atoms with Crippen LogP contribution in [-0.4, -0.2) is 28.6 Å². The number of ether oxygens (including phenoxy) is 1. The van der Waals surface area contributed by atoms with Crippen LogP contribution >= 0.6 is 0 Å². The number of para-hydroxylation sites is 2. The van der Waals surface area contributed by atoms with E-state index in [1.54, 1.807) is 6.92 Å². The van der Waals surface area contributed by atoms with Crippen molar-refractivity contribution in [1.29, 1.82) is 0 Å². The molecule has 0 aliphatic heterocycles. The Bertz CT molecular complexity index is 1220. The Morgan fingerprint density at radius 2 is 1.88 bits per heavy atom. The highest BCUT2D eigenvalue weighted by Crippen LogP contribution is 2.24. The van der Waals surface area contributed by atoms with E-state index in [1.807, 2.05) is 74.6 Å². The van der Waals surface area contributed by atoms with Crippen LogP contribution < -0.4 is 10.6 Å². The van der Waals surface area contributed by atoms with Gasteiger partial charge < -0.3 is 24.8 Å². The maximum atomic E-state index is 13.1. The van der Waals surface area contributed by atoms with Crippen molar-refractivity contribution in [1.82, 2.24) is 15.6 Å². The first-order valence-corrected chi connectivity index (χ1v) is 10.6. The van der Waals surface area contributed by atoms with Gasteiger partial charge in [-0.05, 0) is 44.5 Å². The molecule has 0 aliphatic carbocycles. The van der Waals surface area contributed by atoms with Gasteiger partial charge in [-0.2, -0.15) is 0 Å². The molecule has 7 heteroatoms. The summed E-state index contributed by atoms with van der Waals surface area (Å²) in [7, 11) is 0. The van der Waals surface area contributed by atoms with E-state index in [0.29, 0.717) is 12.2 Å². The number of carbonyl (C=O) groups excluding carboxylic acids is 2. The lowest BCUT2D eigenvalue weighted by atomic mass is 9.91. The second kappa shape index (κ2) is 8.78. The average Bonchev–Trinajstić information content (AvgIpc) is 3.35. The maximum Gasteiger partial charge on any atom is 0.408 e. The molecule has 0 saturated heterocycles. The highest BCUT2D eigenvalue weighted by atomic mass is 16.6. The van der Waals surface area contributed by atoms with Crippen molar-refractivity contribution in [2.75, 3.05) is 0 Å². The maximum absolute atomic E-state index is 13.1. The van der Waals surface area contributed by atoms with E-state index >= 15 is 0 Å². The minimum absolute atomic E-state index is 0.0323. The van der Waals surface area contributed by atoms with E-state index in [1.165, 1.54) is 0 Å². The van der Waals surface area contributed by atoms with Gasteiger partial charge in [-0.1, -0.05) is 36.4 Å². The average molecular weight is 434 g/mol. The molecule has 1 atom stereocenters. The molecule has 0 radical (unpaired) electrons. The van der Waals surface area contributed by atoms with Gasteiger partial charge in [0.1, 0.15) is 16.9 Å². The number of hydrogen-bond donors (Lipinski definition) is 3. The summed E-state index contributed by atoms with van der Waals surface area (Å²) in [4.78, 5) is 28.9. The first-order chi connectivity index (χ1) is 15.3. The third-order valence-electron chi connectivity index (χ3n) is 5.34. The Balaban J connectivity index is 1.50. The monoisotopic (exact) mass is 433 g/mol. The highest BCUT2D eigenvalue weighted by Gasteiger charge is 2.36. The number of rotatable bonds is 7. The smallest absolute Gasteiger partial charge is 0.408 e. The molecule has 0 aliphatic rings. The van der Waals surface area contributed by atoms with Gasteiger partial charge in [0.15, 0.2) is 6.61 Å². The minimum atomic E-state index is -1.21. The van der Waals surface area contributed by atoms with Crippen molar-refractivity contribution in [3.63, 3.8) is 0 Å². The number of aromatic nitrogens is 1. The lowest BCUT2D eigenvalue weighted by Crippen LogP contribution is -2.59. The van der Waals surface area contributed by atoms with E-state index in [-0.39, 0.29) is 18.6 Å². The normalized spacial score (nSPS) is 13.2. The van der Waals surface area contributed by atoms with Crippen LogP contribution in [0.4, 0.5) is 4.79 Å². The van der Waals surface area contributed by atoms with Crippen LogP contribution in [0.15, 0.2) is 65.2 Å². The molecule has 32 heavy (non-hydrogen) atoms. The van der Waals surface area contributed by atoms with Gasteiger partial charge in [0.25, 0.3) is 0 Å². The Morgan fingerprint density at radius 1 is 1.12 bits per heavy atom. The largest absolute Gasteiger partial charge is 0.457 e. The number of fused-ring (bicyclic) bond motifs is 2. The summed E-state index contributed by atoms with van der Waals surface area (Å²) in [6.07, 6.45) is 1.48. The second-order valence-electron chi connectivity index (χ2n) is 8.45. The predicted molar refractivity (Wildman–Crippen MR) is 123 cm³/mol. The van der Waals surface area contributed by atoms with Crippen molar-refractivity contribution in [2.45, 2.75) is 45.4 Å². The van der Waals surface area contributed by atoms with Crippen molar-refractivity contribution < 1.29 is 18.7 Å². The van der Waals surface area contributed by atoms with Crippen LogP contribution in [0.1, 0.15) is 32.1 Å². The van der Waals surface area contributed by atoms with Crippen molar-refractivity contribution in [3.8, 4) is 0 Å². The Morgan fingerprint density at radius 3 is 2.66 bits per heavy atom. The zero-order valence-corrected chi connectivity index (χ0v) is 18.4. The molecule has 2 amide bonds. The predicted octanol–water partition coefficient (Wildman–Crippen LogP) is 4.67. The lowest BCUT2D eigenvalue weighted by Gasteiger charge is -2.30. The molecule has 7 nitrogen and oxygen atoms in total. The van der Waals surface area contributed by atoms with Gasteiger partial charge in [0, 0.05) is 34.9 Å². The minimum Gasteiger partial charge on any atom is -0.457 e. The summed E-state index contributed by atoms with van der Waals surface area (Å²) >= 11 is 0. The molecule has 4 rings (SSSR count). The Hall–Kier alpha value is -3.74. The third kappa shape index (κ3) is 4.61. The summed E-state index contributed by atoms with van der Waals surface area (Å²) in [6.45, 7) is 5.43. The SMILES string of the molecule is CC(C)NC(=O)[C@@](C)(Cc1c[nH]c2ccccc12)NC(=O)OCc1cc2ccccc2o1. The number of benzene rings is 2. The molecule has 2 heterocycles. The second-order valence-corrected chi connectivity index (χ2v) is 8.45. The summed E-state index contributed by atoms with van der Waals surface area (Å²) in [5, 5.41) is 7.62. The zero-order chi connectivity index (χ0) is 22.7. The molecule has 0 spiro atoms. The Labute approximate surface area is 186 Å². The molecule has 2 aromatic carbocycles. The molecule has 0 fully saturated rings.